The van der Waals surface area contributed by atoms with Gasteiger partial charge >= 0.3 is 51.4 Å². The van der Waals surface area contributed by atoms with Crippen molar-refractivity contribution >= 4 is 10.4 Å². The molecule has 0 saturated carbocycles. The van der Waals surface area contributed by atoms with E-state index < -0.39 is 27.6 Å². The van der Waals surface area contributed by atoms with Crippen LogP contribution in [0.15, 0.2) is 0 Å². The van der Waals surface area contributed by atoms with Crippen LogP contribution in [0.4, 0.5) is 0 Å². The summed E-state index contributed by atoms with van der Waals surface area (Å²) < 4.78 is 36.0. The van der Waals surface area contributed by atoms with E-state index in [-0.39, 0.29) is 64.2 Å². The van der Waals surface area contributed by atoms with Crippen molar-refractivity contribution < 1.29 is 73.7 Å². The minimum absolute atomic E-state index is 0. The minimum atomic E-state index is -4.71. The Morgan fingerprint density at radius 1 is 1.18 bits per heavy atom. The van der Waals surface area contributed by atoms with Crippen molar-refractivity contribution in [2.45, 2.75) is 57.7 Å². The molecule has 95 valence electrons. The molecule has 1 radical (unpaired) electrons. The van der Waals surface area contributed by atoms with Gasteiger partial charge < -0.3 is 4.55 Å². The molecule has 0 aliphatic carbocycles. The van der Waals surface area contributed by atoms with Crippen molar-refractivity contribution in [3.8, 4) is 0 Å². The molecule has 17 heavy (non-hydrogen) atoms. The van der Waals surface area contributed by atoms with Crippen molar-refractivity contribution in [2.24, 2.45) is 0 Å². The second kappa shape index (κ2) is 5.82. The Kier molecular flexibility index (Phi) is 6.31. The van der Waals surface area contributed by atoms with Gasteiger partial charge in [-0.2, -0.15) is 0 Å². The third kappa shape index (κ3) is 5.13. The molecule has 6 nitrogen and oxygen atoms in total. The maximum absolute atomic E-state index is 11.9. The molecule has 0 spiro atoms. The topological polar surface area (TPSA) is 89.6 Å². The second-order valence-corrected chi connectivity index (χ2v) is 6.46. The van der Waals surface area contributed by atoms with E-state index in [0.29, 0.717) is 0 Å². The van der Waals surface area contributed by atoms with Crippen molar-refractivity contribution in [2.75, 3.05) is 0 Å². The number of nitrogens with zero attached hydrogens (tertiary/aromatic N) is 1. The zero-order chi connectivity index (χ0) is 12.8. The summed E-state index contributed by atoms with van der Waals surface area (Å²) in [6.07, 6.45) is -0.277. The molecule has 1 aliphatic heterocycles. The van der Waals surface area contributed by atoms with Gasteiger partial charge in [-0.25, -0.2) is 8.42 Å². The minimum Gasteiger partial charge on any atom is -0.726 e. The van der Waals surface area contributed by atoms with Crippen LogP contribution in [-0.4, -0.2) is 35.2 Å². The van der Waals surface area contributed by atoms with Crippen LogP contribution < -0.4 is 51.4 Å². The fraction of sp³-hybridized carbons (Fsp3) is 1.00. The van der Waals surface area contributed by atoms with E-state index in [2.05, 4.69) is 4.18 Å². The standard InChI is InChI=1S/C9H18NO5S.K/c1-8(2)5-7(15-16(12,13)14)6-9(3,4)10(8)11;/h7H,5-6H2,1-4H3,(H,12,13,14);/q;+1/p-1. The van der Waals surface area contributed by atoms with Gasteiger partial charge in [-0.1, -0.05) is 0 Å². The molecule has 0 atom stereocenters. The summed E-state index contributed by atoms with van der Waals surface area (Å²) in [6, 6.07) is 0. The van der Waals surface area contributed by atoms with E-state index in [1.807, 2.05) is 0 Å². The molecular formula is C9H17KNO5S. The molecule has 0 amide bonds. The largest absolute Gasteiger partial charge is 1.00 e. The maximum atomic E-state index is 11.9. The predicted octanol–water partition coefficient (Wildman–Crippen LogP) is -2.17. The van der Waals surface area contributed by atoms with Crippen molar-refractivity contribution in [1.82, 2.24) is 5.06 Å². The first kappa shape index (κ1) is 18.4. The Morgan fingerprint density at radius 3 is 1.82 bits per heavy atom. The van der Waals surface area contributed by atoms with E-state index >= 15 is 0 Å². The van der Waals surface area contributed by atoms with Crippen LogP contribution in [0, 0.1) is 0 Å². The third-order valence-corrected chi connectivity index (χ3v) is 3.32. The number of hydrogen-bond donors (Lipinski definition) is 0. The molecule has 1 fully saturated rings. The molecule has 0 unspecified atom stereocenters. The fourth-order valence-corrected chi connectivity index (χ4v) is 2.88. The van der Waals surface area contributed by atoms with Crippen LogP contribution in [0.3, 0.4) is 0 Å². The number of hydrogen-bond acceptors (Lipinski definition) is 5. The zero-order valence-corrected chi connectivity index (χ0v) is 14.8. The van der Waals surface area contributed by atoms with E-state index in [4.69, 9.17) is 0 Å². The summed E-state index contributed by atoms with van der Waals surface area (Å²) in [6.45, 7) is 6.81. The molecule has 0 aromatic heterocycles. The Balaban J connectivity index is 0.00000256. The first-order chi connectivity index (χ1) is 6.94. The van der Waals surface area contributed by atoms with Gasteiger partial charge in [0, 0.05) is 11.1 Å². The van der Waals surface area contributed by atoms with Crippen LogP contribution in [0.1, 0.15) is 40.5 Å². The Labute approximate surface area is 145 Å². The van der Waals surface area contributed by atoms with Gasteiger partial charge in [-0.3, -0.25) is 4.18 Å². The van der Waals surface area contributed by atoms with Gasteiger partial charge in [0.2, 0.25) is 10.4 Å². The van der Waals surface area contributed by atoms with E-state index in [0.717, 1.165) is 5.06 Å². The molecular weight excluding hydrogens is 273 g/mol. The van der Waals surface area contributed by atoms with Crippen LogP contribution in [0.25, 0.3) is 0 Å². The smallest absolute Gasteiger partial charge is 0.726 e. The molecule has 1 heterocycles. The molecule has 8 heteroatoms. The monoisotopic (exact) mass is 290 g/mol. The molecule has 1 rings (SSSR count). The third-order valence-electron chi connectivity index (χ3n) is 2.81. The number of piperidine rings is 1. The van der Waals surface area contributed by atoms with E-state index in [1.165, 1.54) is 0 Å². The van der Waals surface area contributed by atoms with Crippen LogP contribution in [0.2, 0.25) is 0 Å². The fourth-order valence-electron chi connectivity index (χ4n) is 2.41. The molecule has 0 N–H and O–H groups in total. The predicted molar refractivity (Wildman–Crippen MR) is 54.5 cm³/mol. The zero-order valence-electron chi connectivity index (χ0n) is 10.9. The van der Waals surface area contributed by atoms with Gasteiger partial charge in [0.25, 0.3) is 0 Å². The second-order valence-electron chi connectivity index (χ2n) is 5.45. The summed E-state index contributed by atoms with van der Waals surface area (Å²) >= 11 is 0. The Morgan fingerprint density at radius 2 is 1.53 bits per heavy atom. The quantitative estimate of drug-likeness (QED) is 0.328. The van der Waals surface area contributed by atoms with Gasteiger partial charge in [0.15, 0.2) is 0 Å². The normalized spacial score (nSPS) is 25.3. The maximum Gasteiger partial charge on any atom is 1.00 e. The van der Waals surface area contributed by atoms with Gasteiger partial charge in [-0.15, -0.1) is 10.3 Å². The molecule has 0 bridgehead atoms. The first-order valence-electron chi connectivity index (χ1n) is 5.06. The van der Waals surface area contributed by atoms with Crippen LogP contribution >= 0.6 is 0 Å². The molecule has 1 aliphatic rings. The average molecular weight is 290 g/mol. The molecule has 1 saturated heterocycles. The number of rotatable bonds is 2. The Hall–Kier alpha value is 1.43. The average Bonchev–Trinajstić information content (AvgIpc) is 1.95. The Bertz CT molecular complexity index is 350. The van der Waals surface area contributed by atoms with E-state index in [1.54, 1.807) is 27.7 Å². The summed E-state index contributed by atoms with van der Waals surface area (Å²) in [5, 5.41) is 12.9. The van der Waals surface area contributed by atoms with Crippen molar-refractivity contribution in [3.05, 3.63) is 0 Å². The summed E-state index contributed by atoms with van der Waals surface area (Å²) in [7, 11) is -4.71. The van der Waals surface area contributed by atoms with Gasteiger partial charge in [0.05, 0.1) is 6.10 Å². The van der Waals surface area contributed by atoms with Crippen LogP contribution in [0.5, 0.6) is 0 Å². The van der Waals surface area contributed by atoms with Crippen molar-refractivity contribution in [1.29, 1.82) is 0 Å². The van der Waals surface area contributed by atoms with Gasteiger partial charge in [0.1, 0.15) is 0 Å². The van der Waals surface area contributed by atoms with Crippen LogP contribution in [-0.2, 0) is 19.8 Å². The van der Waals surface area contributed by atoms with Crippen molar-refractivity contribution in [3.63, 3.8) is 0 Å². The first-order valence-corrected chi connectivity index (χ1v) is 6.39. The number of hydroxylamine groups is 2. The van der Waals surface area contributed by atoms with E-state index in [9.17, 15) is 18.2 Å². The van der Waals surface area contributed by atoms with Gasteiger partial charge in [-0.05, 0) is 40.5 Å². The summed E-state index contributed by atoms with van der Waals surface area (Å²) in [5.41, 5.74) is -1.48. The molecule has 0 aromatic rings. The summed E-state index contributed by atoms with van der Waals surface area (Å²) in [5.74, 6) is 0. The SMILES string of the molecule is CC1(C)CC(OS(=O)(=O)[O-])CC(C)(C)N1[O].[K+]. The summed E-state index contributed by atoms with van der Waals surface area (Å²) in [4.78, 5) is 0. The molecule has 0 aromatic carbocycles.